The van der Waals surface area contributed by atoms with Gasteiger partial charge in [-0.15, -0.1) is 0 Å². The highest BCUT2D eigenvalue weighted by Crippen LogP contribution is 2.38. The molecule has 0 atom stereocenters. The van der Waals surface area contributed by atoms with Crippen molar-refractivity contribution in [2.75, 3.05) is 17.6 Å². The van der Waals surface area contributed by atoms with Crippen molar-refractivity contribution in [3.8, 4) is 17.6 Å². The van der Waals surface area contributed by atoms with Gasteiger partial charge >= 0.3 is 0 Å². The summed E-state index contributed by atoms with van der Waals surface area (Å²) >= 11 is 6.35. The first kappa shape index (κ1) is 25.9. The van der Waals surface area contributed by atoms with E-state index in [1.807, 2.05) is 38.1 Å². The fraction of sp³-hybridized carbons (Fsp3) is 0.250. The summed E-state index contributed by atoms with van der Waals surface area (Å²) in [5, 5.41) is 9.78. The molecule has 3 aromatic rings. The molecule has 0 bridgehead atoms. The molecule has 9 nitrogen and oxygen atoms in total. The summed E-state index contributed by atoms with van der Waals surface area (Å²) in [5.74, 6) is 0.752. The third-order valence-electron chi connectivity index (χ3n) is 5.13. The Hall–Kier alpha value is -3.68. The number of sulfonamides is 1. The first-order chi connectivity index (χ1) is 16.5. The molecule has 0 saturated heterocycles. The molecule has 0 unspecified atom stereocenters. The summed E-state index contributed by atoms with van der Waals surface area (Å²) in [7, 11) is -3.48. The zero-order valence-electron chi connectivity index (χ0n) is 19.3. The summed E-state index contributed by atoms with van der Waals surface area (Å²) in [6.45, 7) is 3.92. The first-order valence-electron chi connectivity index (χ1n) is 10.4. The molecule has 0 aliphatic carbocycles. The summed E-state index contributed by atoms with van der Waals surface area (Å²) in [6, 6.07) is 14.6. The minimum atomic E-state index is -3.48. The van der Waals surface area contributed by atoms with E-state index in [0.29, 0.717) is 17.7 Å². The first-order valence-corrected chi connectivity index (χ1v) is 12.6. The van der Waals surface area contributed by atoms with Crippen LogP contribution in [0.4, 0.5) is 5.95 Å². The number of hydrogen-bond donors (Lipinski definition) is 1. The molecular formula is C24H23ClN4O5S. The van der Waals surface area contributed by atoms with Gasteiger partial charge < -0.3 is 9.47 Å². The largest absolute Gasteiger partial charge is 0.487 e. The third-order valence-corrected chi connectivity index (χ3v) is 5.97. The lowest BCUT2D eigenvalue weighted by atomic mass is 9.77. The third kappa shape index (κ3) is 6.68. The van der Waals surface area contributed by atoms with Crippen LogP contribution >= 0.6 is 11.6 Å². The van der Waals surface area contributed by atoms with Crippen molar-refractivity contribution in [1.82, 2.24) is 9.97 Å². The average molecular weight is 515 g/mol. The van der Waals surface area contributed by atoms with Gasteiger partial charge in [0.25, 0.3) is 0 Å². The molecule has 1 heterocycles. The molecular weight excluding hydrogens is 492 g/mol. The van der Waals surface area contributed by atoms with E-state index in [1.165, 1.54) is 6.20 Å². The number of nitrogens with zero attached hydrogens (tertiary/aromatic N) is 3. The van der Waals surface area contributed by atoms with Crippen molar-refractivity contribution in [3.05, 3.63) is 76.1 Å². The van der Waals surface area contributed by atoms with E-state index < -0.39 is 15.4 Å². The Morgan fingerprint density at radius 3 is 2.49 bits per heavy atom. The van der Waals surface area contributed by atoms with Crippen LogP contribution in [0.5, 0.6) is 11.5 Å². The molecule has 3 rings (SSSR count). The molecule has 0 fully saturated rings. The number of aromatic nitrogens is 2. The predicted octanol–water partition coefficient (Wildman–Crippen LogP) is 3.86. The maximum absolute atomic E-state index is 11.4. The van der Waals surface area contributed by atoms with Crippen molar-refractivity contribution in [2.45, 2.75) is 25.9 Å². The molecule has 182 valence electrons. The van der Waals surface area contributed by atoms with Crippen LogP contribution in [0.15, 0.2) is 48.7 Å². The molecule has 0 aliphatic rings. The highest BCUT2D eigenvalue weighted by molar-refractivity contribution is 7.91. The molecule has 1 aromatic heterocycles. The normalized spacial score (nSPS) is 11.4. The van der Waals surface area contributed by atoms with E-state index in [-0.39, 0.29) is 35.5 Å². The predicted molar refractivity (Wildman–Crippen MR) is 131 cm³/mol. The molecule has 35 heavy (non-hydrogen) atoms. The van der Waals surface area contributed by atoms with E-state index in [4.69, 9.17) is 21.1 Å². The van der Waals surface area contributed by atoms with Gasteiger partial charge in [-0.2, -0.15) is 5.26 Å². The maximum Gasteiger partial charge on any atom is 0.236 e. The average Bonchev–Trinajstić information content (AvgIpc) is 2.81. The van der Waals surface area contributed by atoms with Gasteiger partial charge in [0, 0.05) is 11.6 Å². The Morgan fingerprint density at radius 2 is 1.86 bits per heavy atom. The zero-order chi connectivity index (χ0) is 25.6. The number of rotatable bonds is 10. The second-order valence-corrected chi connectivity index (χ2v) is 10.3. The van der Waals surface area contributed by atoms with Gasteiger partial charge in [-0.25, -0.2) is 18.4 Å². The summed E-state index contributed by atoms with van der Waals surface area (Å²) in [5.41, 5.74) is 2.00. The van der Waals surface area contributed by atoms with E-state index in [0.717, 1.165) is 17.4 Å². The number of hydrogen-bond acceptors (Lipinski definition) is 8. The fourth-order valence-corrected chi connectivity index (χ4v) is 3.99. The fourth-order valence-electron chi connectivity index (χ4n) is 3.28. The number of anilines is 1. The van der Waals surface area contributed by atoms with Gasteiger partial charge in [-0.3, -0.25) is 9.52 Å². The van der Waals surface area contributed by atoms with Crippen molar-refractivity contribution in [3.63, 3.8) is 0 Å². The molecule has 0 spiro atoms. The molecule has 11 heteroatoms. The van der Waals surface area contributed by atoms with Gasteiger partial charge in [0.2, 0.25) is 16.0 Å². The molecule has 1 N–H and O–H groups in total. The highest BCUT2D eigenvalue weighted by atomic mass is 35.5. The minimum Gasteiger partial charge on any atom is -0.487 e. The number of carbonyl (C=O) groups is 1. The lowest BCUT2D eigenvalue weighted by molar-refractivity contribution is -0.109. The maximum atomic E-state index is 11.4. The Labute approximate surface area is 208 Å². The SMILES string of the molecule is CC(C)(c1ccc(OCc2ccnc(NS(C)(=O)=O)n2)cc1)c1cc(Cl)c(OCC=O)c(C#N)c1. The number of nitriles is 1. The Kier molecular flexibility index (Phi) is 7.94. The highest BCUT2D eigenvalue weighted by Gasteiger charge is 2.26. The van der Waals surface area contributed by atoms with Crippen molar-refractivity contribution in [2.24, 2.45) is 0 Å². The Balaban J connectivity index is 1.76. The summed E-state index contributed by atoms with van der Waals surface area (Å²) < 4.78 is 36.0. The standard InChI is InChI=1S/C24H23ClN4O5S/c1-24(2,18-12-16(14-26)22(21(25)13-18)33-11-10-30)17-4-6-20(7-5-17)34-15-19-8-9-27-23(28-19)29-35(3,31)32/h4-10,12-13H,11,15H2,1-3H3,(H,27,28,29). The smallest absolute Gasteiger partial charge is 0.236 e. The number of halogens is 1. The van der Waals surface area contributed by atoms with Crippen molar-refractivity contribution in [1.29, 1.82) is 5.26 Å². The Bertz CT molecular complexity index is 1370. The van der Waals surface area contributed by atoms with E-state index in [2.05, 4.69) is 20.8 Å². The van der Waals surface area contributed by atoms with Gasteiger partial charge in [0.15, 0.2) is 12.0 Å². The number of ether oxygens (including phenoxy) is 2. The van der Waals surface area contributed by atoms with Crippen molar-refractivity contribution >= 4 is 33.9 Å². The van der Waals surface area contributed by atoms with Gasteiger partial charge in [0.1, 0.15) is 25.0 Å². The Morgan fingerprint density at radius 1 is 1.14 bits per heavy atom. The number of benzene rings is 2. The topological polar surface area (TPSA) is 131 Å². The molecule has 0 aliphatic heterocycles. The lowest BCUT2D eigenvalue weighted by Gasteiger charge is -2.27. The number of carbonyl (C=O) groups excluding carboxylic acids is 1. The van der Waals surface area contributed by atoms with Gasteiger partial charge in [0.05, 0.1) is 22.5 Å². The second kappa shape index (κ2) is 10.7. The van der Waals surface area contributed by atoms with Crippen molar-refractivity contribution < 1.29 is 22.7 Å². The summed E-state index contributed by atoms with van der Waals surface area (Å²) in [6.07, 6.45) is 3.06. The van der Waals surface area contributed by atoms with Crippen LogP contribution in [-0.2, 0) is 26.8 Å². The number of nitrogens with one attached hydrogen (secondary N) is 1. The van der Waals surface area contributed by atoms with Gasteiger partial charge in [-0.05, 0) is 41.5 Å². The lowest BCUT2D eigenvalue weighted by Crippen LogP contribution is -2.19. The molecule has 0 radical (unpaired) electrons. The molecule has 0 saturated carbocycles. The monoisotopic (exact) mass is 514 g/mol. The van der Waals surface area contributed by atoms with Crippen LogP contribution in [0.2, 0.25) is 5.02 Å². The summed E-state index contributed by atoms with van der Waals surface area (Å²) in [4.78, 5) is 18.6. The van der Waals surface area contributed by atoms with E-state index >= 15 is 0 Å². The molecule has 2 aromatic carbocycles. The van der Waals surface area contributed by atoms with Gasteiger partial charge in [-0.1, -0.05) is 37.6 Å². The quantitative estimate of drug-likeness (QED) is 0.403. The number of aldehydes is 1. The van der Waals surface area contributed by atoms with E-state index in [9.17, 15) is 18.5 Å². The minimum absolute atomic E-state index is 0.0244. The van der Waals surface area contributed by atoms with Crippen LogP contribution in [0.3, 0.4) is 0 Å². The van der Waals surface area contributed by atoms with Crippen LogP contribution < -0.4 is 14.2 Å². The molecule has 0 amide bonds. The zero-order valence-corrected chi connectivity index (χ0v) is 20.9. The van der Waals surface area contributed by atoms with Crippen LogP contribution in [-0.4, -0.2) is 37.5 Å². The van der Waals surface area contributed by atoms with Crippen LogP contribution in [0.1, 0.15) is 36.2 Å². The van der Waals surface area contributed by atoms with E-state index in [1.54, 1.807) is 18.2 Å². The van der Waals surface area contributed by atoms with Crippen LogP contribution in [0, 0.1) is 11.3 Å². The van der Waals surface area contributed by atoms with Crippen LogP contribution in [0.25, 0.3) is 0 Å². The second-order valence-electron chi connectivity index (χ2n) is 8.11.